The van der Waals surface area contributed by atoms with Crippen molar-refractivity contribution in [2.75, 3.05) is 25.0 Å². The number of carbonyl (C=O) groups is 4. The average molecular weight is 562 g/mol. The number of rotatable bonds is 6. The number of fused-ring (bicyclic) bond motifs is 1. The highest BCUT2D eigenvalue weighted by Crippen LogP contribution is 2.24. The van der Waals surface area contributed by atoms with E-state index in [4.69, 9.17) is 10.5 Å². The third-order valence-corrected chi connectivity index (χ3v) is 6.23. The van der Waals surface area contributed by atoms with Crippen LogP contribution in [0.25, 0.3) is 0 Å². The first kappa shape index (κ1) is 29.0. The summed E-state index contributed by atoms with van der Waals surface area (Å²) >= 11 is 0. The minimum absolute atomic E-state index is 0.000734. The van der Waals surface area contributed by atoms with Crippen molar-refractivity contribution >= 4 is 29.3 Å². The number of hydrogen-bond acceptors (Lipinski definition) is 9. The highest BCUT2D eigenvalue weighted by atomic mass is 16.5. The minimum atomic E-state index is -0.860. The zero-order valence-corrected chi connectivity index (χ0v) is 22.1. The molecule has 3 aromatic rings. The summed E-state index contributed by atoms with van der Waals surface area (Å²) in [5.41, 5.74) is 7.03. The number of phenolic OH excluding ortho intramolecular Hbond substituents is 1. The second-order valence-corrected chi connectivity index (χ2v) is 9.35. The molecule has 0 aliphatic carbocycles. The van der Waals surface area contributed by atoms with Crippen LogP contribution in [0.5, 0.6) is 11.5 Å². The summed E-state index contributed by atoms with van der Waals surface area (Å²) in [7, 11) is 0. The number of aromatic nitrogens is 2. The van der Waals surface area contributed by atoms with Gasteiger partial charge < -0.3 is 36.8 Å². The van der Waals surface area contributed by atoms with E-state index in [9.17, 15) is 24.3 Å². The molecule has 0 spiro atoms. The van der Waals surface area contributed by atoms with E-state index < -0.39 is 35.7 Å². The van der Waals surface area contributed by atoms with Gasteiger partial charge in [-0.2, -0.15) is 0 Å². The number of amides is 4. The Hall–Kier alpha value is -5.04. The molecule has 7 N–H and O–H groups in total. The number of nitrogens with one attached hydrogen (secondary N) is 4. The van der Waals surface area contributed by atoms with Crippen molar-refractivity contribution in [2.24, 2.45) is 5.73 Å². The van der Waals surface area contributed by atoms with Gasteiger partial charge in [0.05, 0.1) is 17.8 Å². The van der Waals surface area contributed by atoms with Crippen LogP contribution in [0, 0.1) is 0 Å². The molecule has 214 valence electrons. The number of anilines is 1. The molecule has 0 saturated carbocycles. The van der Waals surface area contributed by atoms with Crippen LogP contribution in [0.15, 0.2) is 61.1 Å². The Labute approximate surface area is 235 Å². The third-order valence-electron chi connectivity index (χ3n) is 6.23. The van der Waals surface area contributed by atoms with Gasteiger partial charge in [-0.05, 0) is 55.3 Å². The maximum absolute atomic E-state index is 13.1. The Morgan fingerprint density at radius 1 is 1.10 bits per heavy atom. The molecule has 0 fully saturated rings. The first-order chi connectivity index (χ1) is 19.8. The van der Waals surface area contributed by atoms with Gasteiger partial charge in [-0.3, -0.25) is 24.2 Å². The standard InChI is InChI=1S/C28H31N7O6/c29-9-7-22-27(39)34-19(13-17-1-4-20(36)5-2-17)16-41-24-6-3-18(33-28(40)23-15-30-11-12-31-23)14-21(24)26(38)32-10-8-25(37)35-22/h1-6,11-12,14-15,19,22,36H,7-10,13,16,29H2,(H,32,38)(H,33,40)(H,34,39)(H,35,37)/t19-,22+/m1/s1. The lowest BCUT2D eigenvalue weighted by atomic mass is 10.0. The summed E-state index contributed by atoms with van der Waals surface area (Å²) in [5, 5.41) is 20.6. The Morgan fingerprint density at radius 2 is 1.90 bits per heavy atom. The maximum atomic E-state index is 13.1. The molecule has 1 aliphatic rings. The fourth-order valence-corrected chi connectivity index (χ4v) is 4.17. The fraction of sp³-hybridized carbons (Fsp3) is 0.286. The van der Waals surface area contributed by atoms with Gasteiger partial charge in [-0.1, -0.05) is 12.1 Å². The van der Waals surface area contributed by atoms with Gasteiger partial charge in [-0.15, -0.1) is 0 Å². The van der Waals surface area contributed by atoms with Crippen molar-refractivity contribution in [1.82, 2.24) is 25.9 Å². The zero-order valence-electron chi connectivity index (χ0n) is 22.1. The molecule has 1 aromatic heterocycles. The lowest BCUT2D eigenvalue weighted by molar-refractivity contribution is -0.129. The van der Waals surface area contributed by atoms with Crippen LogP contribution in [0.3, 0.4) is 0 Å². The van der Waals surface area contributed by atoms with Gasteiger partial charge in [0.1, 0.15) is 29.8 Å². The van der Waals surface area contributed by atoms with Crippen molar-refractivity contribution in [3.05, 3.63) is 77.9 Å². The van der Waals surface area contributed by atoms with Crippen LogP contribution >= 0.6 is 0 Å². The number of nitrogens with zero attached hydrogens (tertiary/aromatic N) is 2. The molecule has 4 amide bonds. The SMILES string of the molecule is NCC[C@@H]1NC(=O)CCNC(=O)c2cc(NC(=O)c3cnccn3)ccc2OC[C@@H](Cc2ccc(O)cc2)NC1=O. The fourth-order valence-electron chi connectivity index (χ4n) is 4.17. The molecule has 0 bridgehead atoms. The molecule has 4 rings (SSSR count). The highest BCUT2D eigenvalue weighted by Gasteiger charge is 2.25. The Bertz CT molecular complexity index is 1380. The van der Waals surface area contributed by atoms with Gasteiger partial charge in [0.15, 0.2) is 0 Å². The molecule has 0 unspecified atom stereocenters. The molecule has 13 nitrogen and oxygen atoms in total. The topological polar surface area (TPSA) is 198 Å². The van der Waals surface area contributed by atoms with Gasteiger partial charge in [0.25, 0.3) is 11.8 Å². The van der Waals surface area contributed by atoms with Crippen molar-refractivity contribution < 1.29 is 29.0 Å². The van der Waals surface area contributed by atoms with Crippen LogP contribution in [0.1, 0.15) is 39.3 Å². The number of hydrogen-bond donors (Lipinski definition) is 6. The largest absolute Gasteiger partial charge is 0.508 e. The molecular formula is C28H31N7O6. The van der Waals surface area contributed by atoms with E-state index in [1.54, 1.807) is 18.2 Å². The number of nitrogens with two attached hydrogens (primary N) is 1. The Morgan fingerprint density at radius 3 is 2.63 bits per heavy atom. The smallest absolute Gasteiger partial charge is 0.275 e. The van der Waals surface area contributed by atoms with E-state index in [1.807, 2.05) is 0 Å². The summed E-state index contributed by atoms with van der Waals surface area (Å²) in [4.78, 5) is 59.3. The third kappa shape index (κ3) is 8.22. The van der Waals surface area contributed by atoms with E-state index in [2.05, 4.69) is 31.2 Å². The van der Waals surface area contributed by atoms with Crippen molar-refractivity contribution in [3.8, 4) is 11.5 Å². The van der Waals surface area contributed by atoms with E-state index >= 15 is 0 Å². The quantitative estimate of drug-likeness (QED) is 0.248. The zero-order chi connectivity index (χ0) is 29.2. The van der Waals surface area contributed by atoms with E-state index in [0.29, 0.717) is 12.1 Å². The molecule has 0 saturated heterocycles. The number of phenols is 1. The van der Waals surface area contributed by atoms with E-state index in [1.165, 1.54) is 42.9 Å². The predicted octanol–water partition coefficient (Wildman–Crippen LogP) is 0.508. The molecule has 0 radical (unpaired) electrons. The maximum Gasteiger partial charge on any atom is 0.275 e. The summed E-state index contributed by atoms with van der Waals surface area (Å²) in [6.07, 6.45) is 4.64. The van der Waals surface area contributed by atoms with Crippen molar-refractivity contribution in [3.63, 3.8) is 0 Å². The van der Waals surface area contributed by atoms with Crippen molar-refractivity contribution in [2.45, 2.75) is 31.3 Å². The van der Waals surface area contributed by atoms with Crippen LogP contribution < -0.4 is 31.7 Å². The van der Waals surface area contributed by atoms with Gasteiger partial charge in [0, 0.05) is 31.0 Å². The Balaban J connectivity index is 1.61. The normalized spacial score (nSPS) is 18.0. The lowest BCUT2D eigenvalue weighted by Gasteiger charge is -2.25. The second kappa shape index (κ2) is 13.8. The second-order valence-electron chi connectivity index (χ2n) is 9.35. The number of carbonyl (C=O) groups excluding carboxylic acids is 4. The summed E-state index contributed by atoms with van der Waals surface area (Å²) < 4.78 is 6.05. The average Bonchev–Trinajstić information content (AvgIpc) is 2.97. The van der Waals surface area contributed by atoms with Crippen LogP contribution in [-0.4, -0.2) is 70.5 Å². The number of aromatic hydroxyl groups is 1. The molecule has 13 heteroatoms. The minimum Gasteiger partial charge on any atom is -0.508 e. The van der Waals surface area contributed by atoms with Crippen LogP contribution in [-0.2, 0) is 16.0 Å². The Kier molecular flexibility index (Phi) is 9.78. The van der Waals surface area contributed by atoms with E-state index in [0.717, 1.165) is 5.56 Å². The van der Waals surface area contributed by atoms with Crippen LogP contribution in [0.2, 0.25) is 0 Å². The number of ether oxygens (including phenoxy) is 1. The molecule has 1 aliphatic heterocycles. The molecule has 2 atom stereocenters. The van der Waals surface area contributed by atoms with Crippen LogP contribution in [0.4, 0.5) is 5.69 Å². The van der Waals surface area contributed by atoms with E-state index in [-0.39, 0.29) is 55.3 Å². The molecule has 2 aromatic carbocycles. The van der Waals surface area contributed by atoms with Gasteiger partial charge in [-0.25, -0.2) is 4.98 Å². The highest BCUT2D eigenvalue weighted by molar-refractivity contribution is 6.04. The van der Waals surface area contributed by atoms with Gasteiger partial charge in [0.2, 0.25) is 11.8 Å². The van der Waals surface area contributed by atoms with Crippen molar-refractivity contribution in [1.29, 1.82) is 0 Å². The summed E-state index contributed by atoms with van der Waals surface area (Å²) in [5.74, 6) is -1.55. The first-order valence-corrected chi connectivity index (χ1v) is 13.0. The molecule has 41 heavy (non-hydrogen) atoms. The summed E-state index contributed by atoms with van der Waals surface area (Å²) in [6, 6.07) is 9.65. The van der Waals surface area contributed by atoms with Gasteiger partial charge >= 0.3 is 0 Å². The monoisotopic (exact) mass is 561 g/mol. The number of benzene rings is 2. The predicted molar refractivity (Wildman–Crippen MR) is 148 cm³/mol. The molecule has 2 heterocycles. The summed E-state index contributed by atoms with van der Waals surface area (Å²) in [6.45, 7) is 0.152. The first-order valence-electron chi connectivity index (χ1n) is 13.0. The lowest BCUT2D eigenvalue weighted by Crippen LogP contribution is -2.52. The molecular weight excluding hydrogens is 530 g/mol.